The summed E-state index contributed by atoms with van der Waals surface area (Å²) in [6.07, 6.45) is 1.66. The lowest BCUT2D eigenvalue weighted by Gasteiger charge is -2.21. The number of Topliss-reactive ketones (excluding diaryl/α,β-unsaturated/α-hetero) is 1. The van der Waals surface area contributed by atoms with E-state index in [-0.39, 0.29) is 17.4 Å². The second-order valence-corrected chi connectivity index (χ2v) is 9.37. The van der Waals surface area contributed by atoms with Gasteiger partial charge in [-0.3, -0.25) is 9.10 Å². The van der Waals surface area contributed by atoms with E-state index in [2.05, 4.69) is 0 Å². The average Bonchev–Trinajstić information content (AvgIpc) is 3.21. The van der Waals surface area contributed by atoms with Gasteiger partial charge in [0.15, 0.2) is 12.4 Å². The molecule has 0 fully saturated rings. The molecule has 1 atom stereocenters. The summed E-state index contributed by atoms with van der Waals surface area (Å²) in [4.78, 5) is 25.0. The first-order chi connectivity index (χ1) is 14.2. The summed E-state index contributed by atoms with van der Waals surface area (Å²) in [5.41, 5.74) is 2.90. The van der Waals surface area contributed by atoms with Crippen molar-refractivity contribution < 1.29 is 27.2 Å². The summed E-state index contributed by atoms with van der Waals surface area (Å²) in [5, 5.41) is 0.843. The molecule has 1 aliphatic rings. The predicted octanol–water partition coefficient (Wildman–Crippen LogP) is 3.49. The summed E-state index contributed by atoms with van der Waals surface area (Å²) in [6.45, 7) is 3.16. The third-order valence-corrected chi connectivity index (χ3v) is 6.53. The molecule has 0 radical (unpaired) electrons. The molecule has 2 aromatic carbocycles. The summed E-state index contributed by atoms with van der Waals surface area (Å²) in [5.74, 6) is -0.893. The first-order valence-electron chi connectivity index (χ1n) is 9.47. The molecule has 1 aromatic heterocycles. The van der Waals surface area contributed by atoms with Gasteiger partial charge in [0.25, 0.3) is 0 Å². The minimum atomic E-state index is -3.40. The van der Waals surface area contributed by atoms with E-state index >= 15 is 0 Å². The highest BCUT2D eigenvalue weighted by Crippen LogP contribution is 2.34. The molecular weight excluding hydrogens is 406 g/mol. The molecule has 8 heteroatoms. The number of rotatable bonds is 5. The number of fused-ring (bicyclic) bond motifs is 2. The van der Waals surface area contributed by atoms with E-state index in [9.17, 15) is 18.0 Å². The number of ketones is 1. The van der Waals surface area contributed by atoms with Crippen molar-refractivity contribution in [2.24, 2.45) is 0 Å². The number of esters is 1. The Bertz CT molecular complexity index is 1270. The van der Waals surface area contributed by atoms with Gasteiger partial charge in [-0.15, -0.1) is 0 Å². The van der Waals surface area contributed by atoms with Crippen LogP contribution in [-0.2, 0) is 21.2 Å². The van der Waals surface area contributed by atoms with Crippen LogP contribution in [0.2, 0.25) is 0 Å². The number of para-hydroxylation sites is 1. The maximum atomic E-state index is 12.5. The minimum absolute atomic E-state index is 0.176. The van der Waals surface area contributed by atoms with Crippen molar-refractivity contribution in [2.75, 3.05) is 17.2 Å². The summed E-state index contributed by atoms with van der Waals surface area (Å²) in [6, 6.07) is 11.8. The van der Waals surface area contributed by atoms with Crippen molar-refractivity contribution in [2.45, 2.75) is 26.3 Å². The van der Waals surface area contributed by atoms with E-state index in [0.29, 0.717) is 23.3 Å². The van der Waals surface area contributed by atoms with Crippen LogP contribution >= 0.6 is 0 Å². The Morgan fingerprint density at radius 2 is 1.93 bits per heavy atom. The number of carbonyl (C=O) groups excluding carboxylic acids is 2. The molecule has 0 aliphatic carbocycles. The van der Waals surface area contributed by atoms with Crippen LogP contribution in [0.4, 0.5) is 5.69 Å². The van der Waals surface area contributed by atoms with Crippen LogP contribution < -0.4 is 4.31 Å². The summed E-state index contributed by atoms with van der Waals surface area (Å²) < 4.78 is 36.2. The van der Waals surface area contributed by atoms with Crippen LogP contribution in [0, 0.1) is 6.92 Å². The Morgan fingerprint density at radius 3 is 2.63 bits per heavy atom. The standard InChI is InChI=1S/C22H21NO6S/c1-13-10-16-11-15(8-9-18(16)23(13)30(3,26)27)22(25)28-12-19(24)21-14(2)17-6-4-5-7-20(17)29-21/h4-9,11,13H,10,12H2,1-3H3. The van der Waals surface area contributed by atoms with E-state index in [1.165, 1.54) is 10.4 Å². The Hall–Kier alpha value is -3.13. The van der Waals surface area contributed by atoms with Crippen LogP contribution in [0.25, 0.3) is 11.0 Å². The molecule has 3 aromatic rings. The monoisotopic (exact) mass is 427 g/mol. The molecule has 0 saturated carbocycles. The molecule has 1 unspecified atom stereocenters. The molecule has 0 saturated heterocycles. The molecule has 4 rings (SSSR count). The fourth-order valence-electron chi connectivity index (χ4n) is 3.96. The molecule has 0 spiro atoms. The maximum absolute atomic E-state index is 12.5. The lowest BCUT2D eigenvalue weighted by molar-refractivity contribution is 0.0468. The summed E-state index contributed by atoms with van der Waals surface area (Å²) >= 11 is 0. The smallest absolute Gasteiger partial charge is 0.338 e. The number of nitrogens with zero attached hydrogens (tertiary/aromatic N) is 1. The van der Waals surface area contributed by atoms with Gasteiger partial charge >= 0.3 is 5.97 Å². The number of anilines is 1. The van der Waals surface area contributed by atoms with Gasteiger partial charge < -0.3 is 9.15 Å². The van der Waals surface area contributed by atoms with Crippen LogP contribution in [0.1, 0.15) is 39.0 Å². The molecule has 156 valence electrons. The first-order valence-corrected chi connectivity index (χ1v) is 11.3. The van der Waals surface area contributed by atoms with E-state index < -0.39 is 28.4 Å². The zero-order valence-electron chi connectivity index (χ0n) is 16.8. The number of carbonyl (C=O) groups is 2. The Kier molecular flexibility index (Phi) is 4.89. The molecule has 2 heterocycles. The van der Waals surface area contributed by atoms with Crippen LogP contribution in [0.3, 0.4) is 0 Å². The molecule has 0 amide bonds. The molecule has 0 bridgehead atoms. The second-order valence-electron chi connectivity index (χ2n) is 7.51. The SMILES string of the molecule is Cc1c(C(=O)COC(=O)c2ccc3c(c2)CC(C)N3S(C)(=O)=O)oc2ccccc12. The van der Waals surface area contributed by atoms with E-state index in [1.807, 2.05) is 25.1 Å². The Balaban J connectivity index is 1.49. The van der Waals surface area contributed by atoms with Crippen molar-refractivity contribution in [3.05, 3.63) is 64.9 Å². The van der Waals surface area contributed by atoms with Crippen LogP contribution in [0.15, 0.2) is 46.9 Å². The predicted molar refractivity (Wildman–Crippen MR) is 112 cm³/mol. The summed E-state index contributed by atoms with van der Waals surface area (Å²) in [7, 11) is -3.40. The maximum Gasteiger partial charge on any atom is 0.338 e. The largest absolute Gasteiger partial charge is 0.454 e. The molecular formula is C22H21NO6S. The lowest BCUT2D eigenvalue weighted by atomic mass is 10.1. The Labute approximate surface area is 174 Å². The molecule has 7 nitrogen and oxygen atoms in total. The van der Waals surface area contributed by atoms with Crippen molar-refractivity contribution in [3.8, 4) is 0 Å². The van der Waals surface area contributed by atoms with Gasteiger partial charge in [0.05, 0.1) is 17.5 Å². The van der Waals surface area contributed by atoms with Gasteiger partial charge in [-0.25, -0.2) is 13.2 Å². The van der Waals surface area contributed by atoms with Gasteiger partial charge in [-0.2, -0.15) is 0 Å². The minimum Gasteiger partial charge on any atom is -0.454 e. The zero-order valence-corrected chi connectivity index (χ0v) is 17.7. The van der Waals surface area contributed by atoms with Gasteiger partial charge in [-0.1, -0.05) is 18.2 Å². The highest BCUT2D eigenvalue weighted by Gasteiger charge is 2.33. The number of sulfonamides is 1. The molecule has 0 N–H and O–H groups in total. The number of hydrogen-bond donors (Lipinski definition) is 0. The lowest BCUT2D eigenvalue weighted by Crippen LogP contribution is -2.34. The highest BCUT2D eigenvalue weighted by molar-refractivity contribution is 7.92. The van der Waals surface area contributed by atoms with Crippen molar-refractivity contribution in [1.29, 1.82) is 0 Å². The van der Waals surface area contributed by atoms with Crippen molar-refractivity contribution in [3.63, 3.8) is 0 Å². The van der Waals surface area contributed by atoms with Gasteiger partial charge in [-0.05, 0) is 50.1 Å². The topological polar surface area (TPSA) is 93.9 Å². The first kappa shape index (κ1) is 20.2. The third-order valence-electron chi connectivity index (χ3n) is 5.26. The second kappa shape index (κ2) is 7.28. The van der Waals surface area contributed by atoms with Gasteiger partial charge in [0.1, 0.15) is 5.58 Å². The highest BCUT2D eigenvalue weighted by atomic mass is 32.2. The third kappa shape index (κ3) is 3.47. The van der Waals surface area contributed by atoms with Gasteiger partial charge in [0, 0.05) is 17.0 Å². The number of benzene rings is 2. The van der Waals surface area contributed by atoms with E-state index in [0.717, 1.165) is 17.2 Å². The quantitative estimate of drug-likeness (QED) is 0.457. The Morgan fingerprint density at radius 1 is 1.20 bits per heavy atom. The molecule has 1 aliphatic heterocycles. The van der Waals surface area contributed by atoms with Gasteiger partial charge in [0.2, 0.25) is 15.8 Å². The number of furan rings is 1. The van der Waals surface area contributed by atoms with E-state index in [1.54, 1.807) is 25.1 Å². The van der Waals surface area contributed by atoms with E-state index in [4.69, 9.17) is 9.15 Å². The normalized spacial score (nSPS) is 16.0. The number of ether oxygens (including phenoxy) is 1. The van der Waals surface area contributed by atoms with Crippen molar-refractivity contribution >= 4 is 38.4 Å². The molecule has 30 heavy (non-hydrogen) atoms. The van der Waals surface area contributed by atoms with Crippen LogP contribution in [-0.4, -0.2) is 39.1 Å². The average molecular weight is 427 g/mol. The zero-order chi connectivity index (χ0) is 21.6. The number of aryl methyl sites for hydroxylation is 1. The fraction of sp³-hybridized carbons (Fsp3) is 0.273. The fourth-order valence-corrected chi connectivity index (χ4v) is 5.22. The van der Waals surface area contributed by atoms with Crippen LogP contribution in [0.5, 0.6) is 0 Å². The van der Waals surface area contributed by atoms with Crippen molar-refractivity contribution in [1.82, 2.24) is 0 Å². The number of hydrogen-bond acceptors (Lipinski definition) is 6.